The SMILES string of the molecule is CC(C)n1cc(CC2NC(=O)N(CCc3ccccn3)C2=O)nn1. The Labute approximate surface area is 139 Å². The Morgan fingerprint density at radius 3 is 2.75 bits per heavy atom. The van der Waals surface area contributed by atoms with Gasteiger partial charge in [-0.1, -0.05) is 11.3 Å². The second kappa shape index (κ2) is 6.77. The van der Waals surface area contributed by atoms with Crippen LogP contribution in [-0.4, -0.2) is 49.4 Å². The van der Waals surface area contributed by atoms with Gasteiger partial charge < -0.3 is 5.32 Å². The van der Waals surface area contributed by atoms with Crippen LogP contribution in [0.4, 0.5) is 4.79 Å². The Hall–Kier alpha value is -2.77. The molecule has 1 aliphatic rings. The van der Waals surface area contributed by atoms with Crippen LogP contribution >= 0.6 is 0 Å². The zero-order valence-electron chi connectivity index (χ0n) is 13.7. The molecular formula is C16H20N6O2. The second-order valence-corrected chi connectivity index (χ2v) is 6.05. The molecule has 1 saturated heterocycles. The number of urea groups is 1. The van der Waals surface area contributed by atoms with Crippen molar-refractivity contribution >= 4 is 11.9 Å². The average molecular weight is 328 g/mol. The summed E-state index contributed by atoms with van der Waals surface area (Å²) in [7, 11) is 0. The molecular weight excluding hydrogens is 308 g/mol. The third-order valence-electron chi connectivity index (χ3n) is 3.92. The number of rotatable bonds is 6. The summed E-state index contributed by atoms with van der Waals surface area (Å²) in [5.74, 6) is -0.227. The fraction of sp³-hybridized carbons (Fsp3) is 0.438. The summed E-state index contributed by atoms with van der Waals surface area (Å²) in [5.41, 5.74) is 1.54. The number of nitrogens with zero attached hydrogens (tertiary/aromatic N) is 5. The quantitative estimate of drug-likeness (QED) is 0.797. The zero-order valence-corrected chi connectivity index (χ0v) is 13.7. The molecule has 2 aromatic rings. The topological polar surface area (TPSA) is 93.0 Å². The summed E-state index contributed by atoms with van der Waals surface area (Å²) < 4.78 is 1.73. The Morgan fingerprint density at radius 2 is 2.08 bits per heavy atom. The van der Waals surface area contributed by atoms with Crippen LogP contribution in [0.1, 0.15) is 31.3 Å². The molecule has 8 nitrogen and oxygen atoms in total. The van der Waals surface area contributed by atoms with E-state index < -0.39 is 6.04 Å². The summed E-state index contributed by atoms with van der Waals surface area (Å²) in [6.07, 6.45) is 4.39. The van der Waals surface area contributed by atoms with Crippen molar-refractivity contribution in [3.05, 3.63) is 42.0 Å². The standard InChI is InChI=1S/C16H20N6O2/c1-11(2)22-10-13(19-20-22)9-14-15(23)21(16(24)18-14)8-6-12-5-3-4-7-17-12/h3-5,7,10-11,14H,6,8-9H2,1-2H3,(H,18,24). The minimum absolute atomic E-state index is 0.204. The minimum Gasteiger partial charge on any atom is -0.325 e. The molecule has 0 bridgehead atoms. The van der Waals surface area contributed by atoms with Crippen LogP contribution in [0.3, 0.4) is 0 Å². The first-order chi connectivity index (χ1) is 11.5. The van der Waals surface area contributed by atoms with Gasteiger partial charge in [-0.05, 0) is 26.0 Å². The first-order valence-electron chi connectivity index (χ1n) is 7.97. The highest BCUT2D eigenvalue weighted by molar-refractivity contribution is 6.04. The first-order valence-corrected chi connectivity index (χ1v) is 7.97. The van der Waals surface area contributed by atoms with Gasteiger partial charge in [-0.2, -0.15) is 0 Å². The number of imide groups is 1. The lowest BCUT2D eigenvalue weighted by Crippen LogP contribution is -2.34. The molecule has 0 saturated carbocycles. The highest BCUT2D eigenvalue weighted by atomic mass is 16.2. The van der Waals surface area contributed by atoms with E-state index in [9.17, 15) is 9.59 Å². The number of amides is 3. The number of hydrogen-bond acceptors (Lipinski definition) is 5. The van der Waals surface area contributed by atoms with Crippen LogP contribution in [0, 0.1) is 0 Å². The minimum atomic E-state index is -0.585. The van der Waals surface area contributed by atoms with Gasteiger partial charge in [-0.15, -0.1) is 5.10 Å². The van der Waals surface area contributed by atoms with Crippen LogP contribution < -0.4 is 5.32 Å². The molecule has 0 radical (unpaired) electrons. The van der Waals surface area contributed by atoms with Gasteiger partial charge in [0, 0.05) is 43.5 Å². The van der Waals surface area contributed by atoms with E-state index in [1.54, 1.807) is 17.1 Å². The van der Waals surface area contributed by atoms with Crippen LogP contribution in [0.15, 0.2) is 30.6 Å². The van der Waals surface area contributed by atoms with Crippen molar-refractivity contribution in [3.63, 3.8) is 0 Å². The molecule has 1 unspecified atom stereocenters. The van der Waals surface area contributed by atoms with Gasteiger partial charge in [0.05, 0.1) is 5.69 Å². The number of carbonyl (C=O) groups is 2. The number of carbonyl (C=O) groups excluding carboxylic acids is 2. The van der Waals surface area contributed by atoms with Gasteiger partial charge in [-0.25, -0.2) is 9.48 Å². The number of nitrogens with one attached hydrogen (secondary N) is 1. The van der Waals surface area contributed by atoms with E-state index in [1.165, 1.54) is 4.90 Å². The predicted molar refractivity (Wildman–Crippen MR) is 86.1 cm³/mol. The maximum Gasteiger partial charge on any atom is 0.324 e. The van der Waals surface area contributed by atoms with E-state index in [4.69, 9.17) is 0 Å². The Morgan fingerprint density at radius 1 is 1.25 bits per heavy atom. The summed E-state index contributed by atoms with van der Waals surface area (Å²) in [6.45, 7) is 4.32. The summed E-state index contributed by atoms with van der Waals surface area (Å²) in [5, 5.41) is 10.8. The smallest absolute Gasteiger partial charge is 0.324 e. The molecule has 1 fully saturated rings. The van der Waals surface area contributed by atoms with Gasteiger partial charge in [0.2, 0.25) is 0 Å². The molecule has 1 atom stereocenters. The van der Waals surface area contributed by atoms with Crippen molar-refractivity contribution in [3.8, 4) is 0 Å². The van der Waals surface area contributed by atoms with Gasteiger partial charge in [0.1, 0.15) is 6.04 Å². The predicted octanol–water partition coefficient (Wildman–Crippen LogP) is 0.960. The summed E-state index contributed by atoms with van der Waals surface area (Å²) in [4.78, 5) is 29.9. The number of hydrogen-bond donors (Lipinski definition) is 1. The van der Waals surface area contributed by atoms with Gasteiger partial charge in [0.25, 0.3) is 5.91 Å². The molecule has 3 rings (SSSR count). The van der Waals surface area contributed by atoms with Crippen molar-refractivity contribution in [2.45, 2.75) is 38.8 Å². The van der Waals surface area contributed by atoms with Crippen molar-refractivity contribution in [1.82, 2.24) is 30.2 Å². The highest BCUT2D eigenvalue weighted by Crippen LogP contribution is 2.12. The number of pyridine rings is 1. The van der Waals surface area contributed by atoms with E-state index in [-0.39, 0.29) is 18.0 Å². The fourth-order valence-corrected chi connectivity index (χ4v) is 2.57. The van der Waals surface area contributed by atoms with Crippen LogP contribution in [0.25, 0.3) is 0 Å². The lowest BCUT2D eigenvalue weighted by Gasteiger charge is -2.12. The lowest BCUT2D eigenvalue weighted by molar-refractivity contribution is -0.127. The molecule has 3 heterocycles. The van der Waals surface area contributed by atoms with Crippen LogP contribution in [-0.2, 0) is 17.6 Å². The molecule has 0 aromatic carbocycles. The molecule has 0 aliphatic carbocycles. The lowest BCUT2D eigenvalue weighted by atomic mass is 10.1. The molecule has 3 amide bonds. The van der Waals surface area contributed by atoms with E-state index in [0.29, 0.717) is 25.1 Å². The van der Waals surface area contributed by atoms with E-state index in [0.717, 1.165) is 5.69 Å². The van der Waals surface area contributed by atoms with Crippen molar-refractivity contribution in [2.24, 2.45) is 0 Å². The molecule has 1 aliphatic heterocycles. The maximum atomic E-state index is 12.4. The largest absolute Gasteiger partial charge is 0.325 e. The van der Waals surface area contributed by atoms with Crippen molar-refractivity contribution in [2.75, 3.05) is 6.54 Å². The number of aromatic nitrogens is 4. The fourth-order valence-electron chi connectivity index (χ4n) is 2.57. The van der Waals surface area contributed by atoms with Gasteiger partial charge in [-0.3, -0.25) is 14.7 Å². The van der Waals surface area contributed by atoms with Crippen LogP contribution in [0.5, 0.6) is 0 Å². The summed E-state index contributed by atoms with van der Waals surface area (Å²) in [6, 6.07) is 4.85. The first kappa shape index (κ1) is 16.1. The Kier molecular flexibility index (Phi) is 4.54. The summed E-state index contributed by atoms with van der Waals surface area (Å²) >= 11 is 0. The van der Waals surface area contributed by atoms with E-state index >= 15 is 0 Å². The van der Waals surface area contributed by atoms with Gasteiger partial charge >= 0.3 is 6.03 Å². The van der Waals surface area contributed by atoms with E-state index in [2.05, 4.69) is 20.6 Å². The van der Waals surface area contributed by atoms with Crippen molar-refractivity contribution in [1.29, 1.82) is 0 Å². The monoisotopic (exact) mass is 328 g/mol. The molecule has 24 heavy (non-hydrogen) atoms. The zero-order chi connectivity index (χ0) is 17.1. The second-order valence-electron chi connectivity index (χ2n) is 6.05. The molecule has 0 spiro atoms. The molecule has 8 heteroatoms. The third kappa shape index (κ3) is 3.42. The van der Waals surface area contributed by atoms with E-state index in [1.807, 2.05) is 32.0 Å². The highest BCUT2D eigenvalue weighted by Gasteiger charge is 2.38. The maximum absolute atomic E-state index is 12.4. The molecule has 1 N–H and O–H groups in total. The average Bonchev–Trinajstić information content (AvgIpc) is 3.13. The Bertz CT molecular complexity index is 727. The van der Waals surface area contributed by atoms with Crippen LogP contribution in [0.2, 0.25) is 0 Å². The molecule has 2 aromatic heterocycles. The third-order valence-corrected chi connectivity index (χ3v) is 3.92. The Balaban J connectivity index is 1.61. The molecule has 126 valence electrons. The van der Waals surface area contributed by atoms with Crippen molar-refractivity contribution < 1.29 is 9.59 Å². The van der Waals surface area contributed by atoms with Gasteiger partial charge in [0.15, 0.2) is 0 Å². The normalized spacial score (nSPS) is 17.6.